The number of ether oxygens (including phenoxy) is 1. The lowest BCUT2D eigenvalue weighted by molar-refractivity contribution is 0.296. The maximum Gasteiger partial charge on any atom is 0.131 e. The normalized spacial score (nSPS) is 10.8. The molecule has 2 aromatic carbocycles. The summed E-state index contributed by atoms with van der Waals surface area (Å²) in [6.07, 6.45) is 1.63. The summed E-state index contributed by atoms with van der Waals surface area (Å²) in [6, 6.07) is 13.6. The van der Waals surface area contributed by atoms with Crippen LogP contribution in [0.3, 0.4) is 0 Å². The van der Waals surface area contributed by atoms with Crippen LogP contribution in [0.5, 0.6) is 5.75 Å². The molecule has 0 atom stereocenters. The number of nitrogens with one attached hydrogen (secondary N) is 1. The van der Waals surface area contributed by atoms with Gasteiger partial charge in [-0.25, -0.2) is 4.39 Å². The van der Waals surface area contributed by atoms with Gasteiger partial charge in [0.15, 0.2) is 0 Å². The molecule has 6 heteroatoms. The summed E-state index contributed by atoms with van der Waals surface area (Å²) < 4.78 is 24.9. The molecule has 0 saturated carbocycles. The van der Waals surface area contributed by atoms with E-state index in [1.807, 2.05) is 18.2 Å². The van der Waals surface area contributed by atoms with E-state index in [0.717, 1.165) is 11.3 Å². The van der Waals surface area contributed by atoms with E-state index >= 15 is 0 Å². The molecule has 0 fully saturated rings. The Labute approximate surface area is 155 Å². The van der Waals surface area contributed by atoms with Gasteiger partial charge in [-0.15, -0.1) is 0 Å². The maximum atomic E-state index is 13.9. The standard InChI is InChI=1S/C19H16Cl2FNO2/c20-14-6-7-19(25-12-16-17(21)4-1-5-18(16)22)13(9-14)10-23-11-15-3-2-8-24-15/h1-9,23H,10-12H2. The average molecular weight is 380 g/mol. The van der Waals surface area contributed by atoms with Gasteiger partial charge in [-0.1, -0.05) is 29.3 Å². The Morgan fingerprint density at radius 1 is 1.04 bits per heavy atom. The first kappa shape index (κ1) is 17.8. The number of rotatable bonds is 7. The van der Waals surface area contributed by atoms with E-state index in [-0.39, 0.29) is 12.4 Å². The molecule has 3 nitrogen and oxygen atoms in total. The van der Waals surface area contributed by atoms with Crippen LogP contribution in [0.15, 0.2) is 59.2 Å². The highest BCUT2D eigenvalue weighted by atomic mass is 35.5. The highest BCUT2D eigenvalue weighted by molar-refractivity contribution is 6.31. The van der Waals surface area contributed by atoms with Crippen molar-refractivity contribution in [2.24, 2.45) is 0 Å². The zero-order valence-electron chi connectivity index (χ0n) is 13.3. The van der Waals surface area contributed by atoms with Crippen LogP contribution in [-0.2, 0) is 19.7 Å². The smallest absolute Gasteiger partial charge is 0.131 e. The lowest BCUT2D eigenvalue weighted by Crippen LogP contribution is -2.13. The second kappa shape index (κ2) is 8.39. The molecule has 3 rings (SSSR count). The molecule has 1 heterocycles. The molecular weight excluding hydrogens is 364 g/mol. The van der Waals surface area contributed by atoms with Gasteiger partial charge in [-0.2, -0.15) is 0 Å². The van der Waals surface area contributed by atoms with E-state index in [4.69, 9.17) is 32.4 Å². The van der Waals surface area contributed by atoms with Crippen molar-refractivity contribution in [1.29, 1.82) is 0 Å². The molecule has 0 spiro atoms. The third-order valence-electron chi connectivity index (χ3n) is 3.65. The lowest BCUT2D eigenvalue weighted by atomic mass is 10.2. The highest BCUT2D eigenvalue weighted by Gasteiger charge is 2.10. The highest BCUT2D eigenvalue weighted by Crippen LogP contribution is 2.26. The summed E-state index contributed by atoms with van der Waals surface area (Å²) in [7, 11) is 0. The Morgan fingerprint density at radius 2 is 1.92 bits per heavy atom. The molecule has 0 saturated heterocycles. The van der Waals surface area contributed by atoms with E-state index in [0.29, 0.717) is 34.4 Å². The lowest BCUT2D eigenvalue weighted by Gasteiger charge is -2.13. The molecule has 0 radical (unpaired) electrons. The number of halogens is 3. The molecule has 3 aromatic rings. The minimum absolute atomic E-state index is 0.0400. The first-order valence-corrected chi connectivity index (χ1v) is 8.46. The summed E-state index contributed by atoms with van der Waals surface area (Å²) in [5, 5.41) is 4.20. The van der Waals surface area contributed by atoms with Crippen molar-refractivity contribution in [3.05, 3.63) is 87.5 Å². The van der Waals surface area contributed by atoms with E-state index in [1.165, 1.54) is 6.07 Å². The maximum absolute atomic E-state index is 13.9. The van der Waals surface area contributed by atoms with Gasteiger partial charge >= 0.3 is 0 Å². The van der Waals surface area contributed by atoms with Gasteiger partial charge in [0.25, 0.3) is 0 Å². The number of furan rings is 1. The first-order valence-electron chi connectivity index (χ1n) is 7.70. The Balaban J connectivity index is 1.68. The van der Waals surface area contributed by atoms with Crippen molar-refractivity contribution in [3.63, 3.8) is 0 Å². The van der Waals surface area contributed by atoms with Gasteiger partial charge in [0, 0.05) is 22.7 Å². The van der Waals surface area contributed by atoms with Gasteiger partial charge in [0.2, 0.25) is 0 Å². The molecule has 1 N–H and O–H groups in total. The Bertz CT molecular complexity index is 817. The molecule has 0 amide bonds. The summed E-state index contributed by atoms with van der Waals surface area (Å²) in [6.45, 7) is 1.15. The predicted molar refractivity (Wildman–Crippen MR) is 96.4 cm³/mol. The van der Waals surface area contributed by atoms with Gasteiger partial charge < -0.3 is 14.5 Å². The molecule has 0 aliphatic heterocycles. The fraction of sp³-hybridized carbons (Fsp3) is 0.158. The molecule has 0 aliphatic rings. The van der Waals surface area contributed by atoms with E-state index in [1.54, 1.807) is 30.5 Å². The van der Waals surface area contributed by atoms with Crippen molar-refractivity contribution in [2.75, 3.05) is 0 Å². The summed E-state index contributed by atoms with van der Waals surface area (Å²) in [5.74, 6) is 1.07. The van der Waals surface area contributed by atoms with E-state index < -0.39 is 0 Å². The molecule has 130 valence electrons. The zero-order chi connectivity index (χ0) is 17.6. The van der Waals surface area contributed by atoms with Crippen molar-refractivity contribution in [2.45, 2.75) is 19.7 Å². The van der Waals surface area contributed by atoms with Crippen molar-refractivity contribution < 1.29 is 13.5 Å². The molecule has 0 unspecified atom stereocenters. The van der Waals surface area contributed by atoms with Gasteiger partial charge in [-0.3, -0.25) is 0 Å². The first-order chi connectivity index (χ1) is 12.1. The fourth-order valence-corrected chi connectivity index (χ4v) is 2.79. The van der Waals surface area contributed by atoms with E-state index in [9.17, 15) is 4.39 Å². The minimum atomic E-state index is -0.390. The van der Waals surface area contributed by atoms with Crippen LogP contribution < -0.4 is 10.1 Å². The Morgan fingerprint density at radius 3 is 2.68 bits per heavy atom. The van der Waals surface area contributed by atoms with E-state index in [2.05, 4.69) is 5.32 Å². The van der Waals surface area contributed by atoms with Crippen LogP contribution in [0.4, 0.5) is 4.39 Å². The van der Waals surface area contributed by atoms with Crippen LogP contribution in [0, 0.1) is 5.82 Å². The van der Waals surface area contributed by atoms with Gasteiger partial charge in [-0.05, 0) is 42.5 Å². The van der Waals surface area contributed by atoms with Crippen LogP contribution in [-0.4, -0.2) is 0 Å². The molecule has 25 heavy (non-hydrogen) atoms. The quantitative estimate of drug-likeness (QED) is 0.580. The second-order valence-corrected chi connectivity index (χ2v) is 6.27. The van der Waals surface area contributed by atoms with Crippen molar-refractivity contribution >= 4 is 23.2 Å². The molecule has 0 bridgehead atoms. The Hall–Kier alpha value is -2.01. The van der Waals surface area contributed by atoms with Crippen LogP contribution in [0.25, 0.3) is 0 Å². The largest absolute Gasteiger partial charge is 0.488 e. The topological polar surface area (TPSA) is 34.4 Å². The molecule has 0 aliphatic carbocycles. The van der Waals surface area contributed by atoms with Gasteiger partial charge in [0.05, 0.1) is 17.8 Å². The fourth-order valence-electron chi connectivity index (χ4n) is 2.38. The van der Waals surface area contributed by atoms with Crippen molar-refractivity contribution in [3.8, 4) is 5.75 Å². The third-order valence-corrected chi connectivity index (χ3v) is 4.24. The monoisotopic (exact) mass is 379 g/mol. The average Bonchev–Trinajstić information content (AvgIpc) is 3.09. The number of benzene rings is 2. The van der Waals surface area contributed by atoms with Gasteiger partial charge in [0.1, 0.15) is 23.9 Å². The van der Waals surface area contributed by atoms with Crippen LogP contribution in [0.2, 0.25) is 10.0 Å². The molecular formula is C19H16Cl2FNO2. The third kappa shape index (κ3) is 4.75. The number of hydrogen-bond acceptors (Lipinski definition) is 3. The summed E-state index contributed by atoms with van der Waals surface area (Å²) >= 11 is 12.1. The predicted octanol–water partition coefficient (Wildman–Crippen LogP) is 5.59. The SMILES string of the molecule is Fc1cccc(Cl)c1COc1ccc(Cl)cc1CNCc1ccco1. The Kier molecular flexibility index (Phi) is 5.97. The summed E-state index contributed by atoms with van der Waals surface area (Å²) in [5.41, 5.74) is 1.19. The second-order valence-electron chi connectivity index (χ2n) is 5.42. The van der Waals surface area contributed by atoms with Crippen molar-refractivity contribution in [1.82, 2.24) is 5.32 Å². The zero-order valence-corrected chi connectivity index (χ0v) is 14.8. The minimum Gasteiger partial charge on any atom is -0.488 e. The van der Waals surface area contributed by atoms with Crippen LogP contribution in [0.1, 0.15) is 16.9 Å². The van der Waals surface area contributed by atoms with Crippen LogP contribution >= 0.6 is 23.2 Å². The number of hydrogen-bond donors (Lipinski definition) is 1. The summed E-state index contributed by atoms with van der Waals surface area (Å²) in [4.78, 5) is 0. The molecule has 1 aromatic heterocycles.